The maximum absolute atomic E-state index is 13.6. The molecule has 0 radical (unpaired) electrons. The number of benzene rings is 3. The number of carbonyl (C=O) groups excluding carboxylic acids is 2. The highest BCUT2D eigenvalue weighted by Gasteiger charge is 2.28. The summed E-state index contributed by atoms with van der Waals surface area (Å²) in [6.07, 6.45) is 0. The summed E-state index contributed by atoms with van der Waals surface area (Å²) in [6, 6.07) is 26.7. The number of nitrogens with zero attached hydrogens (tertiary/aromatic N) is 3. The van der Waals surface area contributed by atoms with Crippen LogP contribution in [0.5, 0.6) is 0 Å². The molecule has 0 saturated carbocycles. The van der Waals surface area contributed by atoms with E-state index in [1.165, 1.54) is 50.6 Å². The van der Waals surface area contributed by atoms with Crippen molar-refractivity contribution in [3.8, 4) is 22.5 Å². The van der Waals surface area contributed by atoms with Crippen LogP contribution in [-0.2, 0) is 9.47 Å². The Kier molecular flexibility index (Phi) is 9.90. The van der Waals surface area contributed by atoms with E-state index < -0.39 is 11.9 Å². The van der Waals surface area contributed by atoms with E-state index in [9.17, 15) is 18.4 Å². The highest BCUT2D eigenvalue weighted by molar-refractivity contribution is 6.07. The minimum absolute atomic E-state index is 0.0679. The summed E-state index contributed by atoms with van der Waals surface area (Å²) in [6.45, 7) is 4.00. The quantitative estimate of drug-likeness (QED) is 0.179. The van der Waals surface area contributed by atoms with Crippen LogP contribution in [0.4, 0.5) is 26.1 Å². The van der Waals surface area contributed by atoms with Crippen LogP contribution in [0.1, 0.15) is 34.6 Å². The number of rotatable bonds is 7. The zero-order chi connectivity index (χ0) is 30.9. The minimum atomic E-state index is -0.694. The van der Waals surface area contributed by atoms with E-state index in [1.54, 1.807) is 71.6 Å². The third-order valence-electron chi connectivity index (χ3n) is 6.28. The molecule has 5 aromatic rings. The van der Waals surface area contributed by atoms with Gasteiger partial charge in [0.15, 0.2) is 0 Å². The normalized spacial score (nSPS) is 10.3. The molecule has 7 nitrogen and oxygen atoms in total. The summed E-state index contributed by atoms with van der Waals surface area (Å²) < 4.78 is 37.3. The van der Waals surface area contributed by atoms with Crippen molar-refractivity contribution in [2.24, 2.45) is 0 Å². The minimum Gasteiger partial charge on any atom is -0.465 e. The number of halogens is 2. The van der Waals surface area contributed by atoms with Gasteiger partial charge in [-0.2, -0.15) is 0 Å². The molecule has 0 atom stereocenters. The van der Waals surface area contributed by atoms with Gasteiger partial charge in [0.05, 0.1) is 42.4 Å². The smallest absolute Gasteiger partial charge is 0.340 e. The number of esters is 2. The Hall–Kier alpha value is -5.44. The molecule has 0 spiro atoms. The van der Waals surface area contributed by atoms with Crippen molar-refractivity contribution in [3.05, 3.63) is 126 Å². The van der Waals surface area contributed by atoms with Gasteiger partial charge in [0.2, 0.25) is 0 Å². The van der Waals surface area contributed by atoms with E-state index in [2.05, 4.69) is 0 Å². The number of pyridine rings is 2. The Balaban J connectivity index is 0.00000207. The number of aromatic nitrogens is 2. The summed E-state index contributed by atoms with van der Waals surface area (Å²) in [5, 5.41) is 0. The molecule has 43 heavy (non-hydrogen) atoms. The van der Waals surface area contributed by atoms with Crippen LogP contribution in [0, 0.1) is 11.6 Å². The van der Waals surface area contributed by atoms with Crippen molar-refractivity contribution in [1.82, 2.24) is 9.97 Å². The van der Waals surface area contributed by atoms with Crippen molar-refractivity contribution < 1.29 is 27.8 Å². The van der Waals surface area contributed by atoms with Crippen LogP contribution < -0.4 is 4.90 Å². The molecule has 3 aromatic carbocycles. The number of ether oxygens (including phenoxy) is 2. The van der Waals surface area contributed by atoms with E-state index in [-0.39, 0.29) is 28.4 Å². The van der Waals surface area contributed by atoms with Crippen molar-refractivity contribution >= 4 is 29.3 Å². The molecule has 0 bridgehead atoms. The second kappa shape index (κ2) is 14.0. The molecular formula is C34H29F2N3O4. The highest BCUT2D eigenvalue weighted by atomic mass is 19.1. The highest BCUT2D eigenvalue weighted by Crippen LogP contribution is 2.39. The number of methoxy groups -OCH3 is 2. The number of hydrogen-bond acceptors (Lipinski definition) is 7. The molecule has 0 N–H and O–H groups in total. The summed E-state index contributed by atoms with van der Waals surface area (Å²) in [5.41, 5.74) is 2.59. The average molecular weight is 582 g/mol. The Bertz CT molecular complexity index is 1600. The molecular weight excluding hydrogens is 552 g/mol. The molecule has 0 saturated heterocycles. The first-order valence-corrected chi connectivity index (χ1v) is 13.5. The van der Waals surface area contributed by atoms with E-state index in [4.69, 9.17) is 19.4 Å². The van der Waals surface area contributed by atoms with Gasteiger partial charge in [-0.3, -0.25) is 4.90 Å². The number of carbonyl (C=O) groups is 2. The predicted molar refractivity (Wildman–Crippen MR) is 162 cm³/mol. The Morgan fingerprint density at radius 3 is 1.33 bits per heavy atom. The zero-order valence-electron chi connectivity index (χ0n) is 24.0. The second-order valence-electron chi connectivity index (χ2n) is 8.80. The van der Waals surface area contributed by atoms with Crippen LogP contribution >= 0.6 is 0 Å². The molecule has 0 aliphatic rings. The lowest BCUT2D eigenvalue weighted by Crippen LogP contribution is -2.21. The van der Waals surface area contributed by atoms with Gasteiger partial charge in [-0.1, -0.05) is 32.0 Å². The first kappa shape index (κ1) is 30.5. The molecule has 2 aromatic heterocycles. The number of para-hydroxylation sites is 1. The molecule has 0 aliphatic heterocycles. The Morgan fingerprint density at radius 2 is 0.953 bits per heavy atom. The summed E-state index contributed by atoms with van der Waals surface area (Å²) >= 11 is 0. The van der Waals surface area contributed by atoms with Crippen molar-refractivity contribution in [3.63, 3.8) is 0 Å². The standard InChI is InChI=1S/C32H23F2N3O4.C2H6/c1-40-31(38)24-6-3-7-25(32(39)41-2)30(24)37(28-10-4-8-26(35-28)20-12-16-22(33)17-13-20)29-11-5-9-27(36-29)21-14-18-23(34)19-15-21;1-2/h3-19H,1-2H3;1-2H3. The summed E-state index contributed by atoms with van der Waals surface area (Å²) in [5.74, 6) is -1.56. The molecule has 0 unspecified atom stereocenters. The molecule has 218 valence electrons. The van der Waals surface area contributed by atoms with Gasteiger partial charge in [-0.05, 0) is 84.9 Å². The fraction of sp³-hybridized carbons (Fsp3) is 0.118. The topological polar surface area (TPSA) is 81.6 Å². The first-order valence-electron chi connectivity index (χ1n) is 13.5. The number of anilines is 3. The van der Waals surface area contributed by atoms with Crippen LogP contribution in [0.2, 0.25) is 0 Å². The van der Waals surface area contributed by atoms with Crippen molar-refractivity contribution in [2.45, 2.75) is 13.8 Å². The molecule has 2 heterocycles. The summed E-state index contributed by atoms with van der Waals surface area (Å²) in [7, 11) is 2.48. The van der Waals surface area contributed by atoms with Crippen LogP contribution in [0.25, 0.3) is 22.5 Å². The lowest BCUT2D eigenvalue weighted by atomic mass is 10.0. The van der Waals surface area contributed by atoms with Gasteiger partial charge >= 0.3 is 11.9 Å². The third-order valence-corrected chi connectivity index (χ3v) is 6.28. The van der Waals surface area contributed by atoms with Crippen LogP contribution in [0.15, 0.2) is 103 Å². The largest absolute Gasteiger partial charge is 0.465 e. The van der Waals surface area contributed by atoms with Crippen LogP contribution in [-0.4, -0.2) is 36.1 Å². The molecule has 0 amide bonds. The maximum atomic E-state index is 13.6. The predicted octanol–water partition coefficient (Wildman–Crippen LogP) is 8.16. The maximum Gasteiger partial charge on any atom is 0.340 e. The fourth-order valence-corrected chi connectivity index (χ4v) is 4.34. The lowest BCUT2D eigenvalue weighted by molar-refractivity contribution is 0.0601. The Labute approximate surface area is 248 Å². The van der Waals surface area contributed by atoms with Gasteiger partial charge < -0.3 is 9.47 Å². The molecule has 5 rings (SSSR count). The monoisotopic (exact) mass is 581 g/mol. The van der Waals surface area contributed by atoms with Crippen molar-refractivity contribution in [1.29, 1.82) is 0 Å². The first-order chi connectivity index (χ1) is 20.9. The SMILES string of the molecule is CC.COC(=O)c1cccc(C(=O)OC)c1N(c1cccc(-c2ccc(F)cc2)n1)c1cccc(-c2ccc(F)cc2)n1. The van der Waals surface area contributed by atoms with Gasteiger partial charge in [0.25, 0.3) is 0 Å². The van der Waals surface area contributed by atoms with E-state index >= 15 is 0 Å². The lowest BCUT2D eigenvalue weighted by Gasteiger charge is -2.27. The fourth-order valence-electron chi connectivity index (χ4n) is 4.34. The Morgan fingerprint density at radius 1 is 0.581 bits per heavy atom. The van der Waals surface area contributed by atoms with Gasteiger partial charge in [0, 0.05) is 11.1 Å². The average Bonchev–Trinajstić information content (AvgIpc) is 3.06. The molecule has 0 aliphatic carbocycles. The third kappa shape index (κ3) is 6.73. The summed E-state index contributed by atoms with van der Waals surface area (Å²) in [4.78, 5) is 37.1. The second-order valence-corrected chi connectivity index (χ2v) is 8.80. The van der Waals surface area contributed by atoms with Gasteiger partial charge in [-0.25, -0.2) is 28.3 Å². The van der Waals surface area contributed by atoms with Gasteiger partial charge in [0.1, 0.15) is 23.3 Å². The van der Waals surface area contributed by atoms with E-state index in [0.717, 1.165) is 0 Å². The molecule has 9 heteroatoms. The van der Waals surface area contributed by atoms with Crippen LogP contribution in [0.3, 0.4) is 0 Å². The van der Waals surface area contributed by atoms with Crippen molar-refractivity contribution in [2.75, 3.05) is 19.1 Å². The van der Waals surface area contributed by atoms with Gasteiger partial charge in [-0.15, -0.1) is 0 Å². The zero-order valence-corrected chi connectivity index (χ0v) is 24.0. The molecule has 0 fully saturated rings. The van der Waals surface area contributed by atoms with E-state index in [0.29, 0.717) is 34.2 Å². The number of hydrogen-bond donors (Lipinski definition) is 0. The van der Waals surface area contributed by atoms with E-state index in [1.807, 2.05) is 13.8 Å².